The average molecular weight is 267 g/mol. The predicted octanol–water partition coefficient (Wildman–Crippen LogP) is 2.74. The second-order valence-corrected chi connectivity index (χ2v) is 5.89. The van der Waals surface area contributed by atoms with Gasteiger partial charge in [-0.3, -0.25) is 4.79 Å². The van der Waals surface area contributed by atoms with Crippen LogP contribution in [0.15, 0.2) is 18.2 Å². The number of anilines is 1. The lowest BCUT2D eigenvalue weighted by Gasteiger charge is -2.36. The number of nitrogens with two attached hydrogens (primary N) is 1. The Kier molecular flexibility index (Phi) is 3.39. The van der Waals surface area contributed by atoms with Crippen LogP contribution in [0.3, 0.4) is 0 Å². The fraction of sp³-hybridized carbons (Fsp3) is 0.500. The molecule has 1 aromatic carbocycles. The highest BCUT2D eigenvalue weighted by molar-refractivity contribution is 6.30. The number of carbonyl (C=O) groups is 1. The molecule has 4 heteroatoms. The van der Waals surface area contributed by atoms with E-state index in [1.165, 1.54) is 0 Å². The van der Waals surface area contributed by atoms with E-state index in [-0.39, 0.29) is 17.4 Å². The Labute approximate surface area is 113 Å². The molecule has 1 aliphatic rings. The van der Waals surface area contributed by atoms with E-state index < -0.39 is 0 Å². The van der Waals surface area contributed by atoms with Crippen LogP contribution in [0.25, 0.3) is 0 Å². The quantitative estimate of drug-likeness (QED) is 0.895. The summed E-state index contributed by atoms with van der Waals surface area (Å²) in [5, 5.41) is 0.691. The van der Waals surface area contributed by atoms with E-state index >= 15 is 0 Å². The van der Waals surface area contributed by atoms with Gasteiger partial charge in [0.1, 0.15) is 0 Å². The SMILES string of the molecule is Cc1cc(Cl)ccc1N1C(=O)CC(CN)C1(C)C. The van der Waals surface area contributed by atoms with Crippen LogP contribution >= 0.6 is 11.6 Å². The lowest BCUT2D eigenvalue weighted by atomic mass is 9.88. The molecule has 0 bridgehead atoms. The van der Waals surface area contributed by atoms with Gasteiger partial charge < -0.3 is 10.6 Å². The summed E-state index contributed by atoms with van der Waals surface area (Å²) in [7, 11) is 0. The molecule has 1 aliphatic heterocycles. The molecule has 1 saturated heterocycles. The molecule has 0 spiro atoms. The normalized spacial score (nSPS) is 22.6. The molecule has 0 aliphatic carbocycles. The van der Waals surface area contributed by atoms with Crippen LogP contribution in [0.1, 0.15) is 25.8 Å². The molecule has 2 N–H and O–H groups in total. The number of nitrogens with zero attached hydrogens (tertiary/aromatic N) is 1. The summed E-state index contributed by atoms with van der Waals surface area (Å²) in [5.74, 6) is 0.334. The molecular weight excluding hydrogens is 248 g/mol. The summed E-state index contributed by atoms with van der Waals surface area (Å²) >= 11 is 5.96. The molecular formula is C14H19ClN2O. The zero-order valence-electron chi connectivity index (χ0n) is 11.0. The summed E-state index contributed by atoms with van der Waals surface area (Å²) in [4.78, 5) is 14.1. The van der Waals surface area contributed by atoms with Gasteiger partial charge in [-0.25, -0.2) is 0 Å². The van der Waals surface area contributed by atoms with Crippen LogP contribution in [0.5, 0.6) is 0 Å². The standard InChI is InChI=1S/C14H19ClN2O/c1-9-6-11(15)4-5-12(9)17-13(18)7-10(8-16)14(17,2)3/h4-6,10H,7-8,16H2,1-3H3. The van der Waals surface area contributed by atoms with Gasteiger partial charge in [-0.15, -0.1) is 0 Å². The second-order valence-electron chi connectivity index (χ2n) is 5.45. The lowest BCUT2D eigenvalue weighted by molar-refractivity contribution is -0.117. The number of carbonyl (C=O) groups excluding carboxylic acids is 1. The summed E-state index contributed by atoms with van der Waals surface area (Å²) in [6, 6.07) is 5.62. The van der Waals surface area contributed by atoms with E-state index in [2.05, 4.69) is 13.8 Å². The van der Waals surface area contributed by atoms with Gasteiger partial charge in [-0.05, 0) is 51.1 Å². The first-order chi connectivity index (χ1) is 8.37. The Morgan fingerprint density at radius 1 is 1.50 bits per heavy atom. The smallest absolute Gasteiger partial charge is 0.227 e. The van der Waals surface area contributed by atoms with Crippen molar-refractivity contribution in [2.45, 2.75) is 32.7 Å². The Bertz CT molecular complexity index is 485. The van der Waals surface area contributed by atoms with Crippen molar-refractivity contribution in [3.8, 4) is 0 Å². The minimum atomic E-state index is -0.246. The van der Waals surface area contributed by atoms with Gasteiger partial charge in [0.05, 0.1) is 0 Å². The first-order valence-corrected chi connectivity index (χ1v) is 6.55. The van der Waals surface area contributed by atoms with Crippen LogP contribution in [-0.2, 0) is 4.79 Å². The van der Waals surface area contributed by atoms with Crippen molar-refractivity contribution in [3.63, 3.8) is 0 Å². The molecule has 1 fully saturated rings. The lowest BCUT2D eigenvalue weighted by Crippen LogP contribution is -2.46. The molecule has 18 heavy (non-hydrogen) atoms. The van der Waals surface area contributed by atoms with E-state index in [1.807, 2.05) is 30.0 Å². The Balaban J connectivity index is 2.46. The number of hydrogen-bond acceptors (Lipinski definition) is 2. The fourth-order valence-corrected chi connectivity index (χ4v) is 2.97. The van der Waals surface area contributed by atoms with E-state index in [9.17, 15) is 4.79 Å². The van der Waals surface area contributed by atoms with Gasteiger partial charge in [0, 0.05) is 28.6 Å². The minimum absolute atomic E-state index is 0.140. The Hall–Kier alpha value is -1.06. The summed E-state index contributed by atoms with van der Waals surface area (Å²) in [5.41, 5.74) is 7.48. The van der Waals surface area contributed by atoms with Crippen molar-refractivity contribution in [1.82, 2.24) is 0 Å². The molecule has 0 radical (unpaired) electrons. The van der Waals surface area contributed by atoms with Crippen LogP contribution in [-0.4, -0.2) is 18.0 Å². The van der Waals surface area contributed by atoms with Crippen LogP contribution in [0.2, 0.25) is 5.02 Å². The number of amides is 1. The third kappa shape index (κ3) is 2.02. The highest BCUT2D eigenvalue weighted by Crippen LogP contribution is 2.40. The molecule has 1 aromatic rings. The van der Waals surface area contributed by atoms with Crippen molar-refractivity contribution in [2.24, 2.45) is 11.7 Å². The second kappa shape index (κ2) is 4.56. The molecule has 0 saturated carbocycles. The van der Waals surface area contributed by atoms with Crippen molar-refractivity contribution >= 4 is 23.2 Å². The van der Waals surface area contributed by atoms with Crippen LogP contribution < -0.4 is 10.6 Å². The van der Waals surface area contributed by atoms with Crippen molar-refractivity contribution in [2.75, 3.05) is 11.4 Å². The maximum atomic E-state index is 12.2. The Morgan fingerprint density at radius 2 is 2.17 bits per heavy atom. The highest BCUT2D eigenvalue weighted by atomic mass is 35.5. The number of rotatable bonds is 2. The maximum Gasteiger partial charge on any atom is 0.227 e. The average Bonchev–Trinajstić information content (AvgIpc) is 2.50. The van der Waals surface area contributed by atoms with Gasteiger partial charge >= 0.3 is 0 Å². The molecule has 1 heterocycles. The van der Waals surface area contributed by atoms with E-state index in [0.717, 1.165) is 11.3 Å². The summed E-state index contributed by atoms with van der Waals surface area (Å²) in [6.45, 7) is 6.65. The molecule has 0 aromatic heterocycles. The topological polar surface area (TPSA) is 46.3 Å². The number of halogens is 1. The molecule has 1 atom stereocenters. The molecule has 1 amide bonds. The van der Waals surface area contributed by atoms with Gasteiger partial charge in [0.25, 0.3) is 0 Å². The van der Waals surface area contributed by atoms with Crippen molar-refractivity contribution < 1.29 is 4.79 Å². The van der Waals surface area contributed by atoms with E-state index in [1.54, 1.807) is 0 Å². The zero-order valence-corrected chi connectivity index (χ0v) is 11.8. The monoisotopic (exact) mass is 266 g/mol. The Morgan fingerprint density at radius 3 is 2.67 bits per heavy atom. The van der Waals surface area contributed by atoms with Crippen LogP contribution in [0, 0.1) is 12.8 Å². The number of aryl methyl sites for hydroxylation is 1. The third-order valence-corrected chi connectivity index (χ3v) is 4.17. The van der Waals surface area contributed by atoms with Crippen molar-refractivity contribution in [3.05, 3.63) is 28.8 Å². The first kappa shape index (κ1) is 13.4. The first-order valence-electron chi connectivity index (χ1n) is 6.17. The summed E-state index contributed by atoms with van der Waals surface area (Å²) in [6.07, 6.45) is 0.519. The van der Waals surface area contributed by atoms with Gasteiger partial charge in [0.15, 0.2) is 0 Å². The highest BCUT2D eigenvalue weighted by Gasteiger charge is 2.46. The number of hydrogen-bond donors (Lipinski definition) is 1. The minimum Gasteiger partial charge on any atom is -0.330 e. The molecule has 1 unspecified atom stereocenters. The molecule has 98 valence electrons. The van der Waals surface area contributed by atoms with E-state index in [4.69, 9.17) is 17.3 Å². The molecule has 2 rings (SSSR count). The van der Waals surface area contributed by atoms with Gasteiger partial charge in [0.2, 0.25) is 5.91 Å². The zero-order chi connectivity index (χ0) is 13.5. The fourth-order valence-electron chi connectivity index (χ4n) is 2.74. The van der Waals surface area contributed by atoms with Crippen LogP contribution in [0.4, 0.5) is 5.69 Å². The largest absolute Gasteiger partial charge is 0.330 e. The molecule has 3 nitrogen and oxygen atoms in total. The number of benzene rings is 1. The third-order valence-electron chi connectivity index (χ3n) is 3.93. The van der Waals surface area contributed by atoms with Crippen molar-refractivity contribution in [1.29, 1.82) is 0 Å². The summed E-state index contributed by atoms with van der Waals surface area (Å²) < 4.78 is 0. The van der Waals surface area contributed by atoms with E-state index in [0.29, 0.717) is 18.0 Å². The van der Waals surface area contributed by atoms with Gasteiger partial charge in [-0.2, -0.15) is 0 Å². The predicted molar refractivity (Wildman–Crippen MR) is 74.9 cm³/mol. The maximum absolute atomic E-state index is 12.2. The van der Waals surface area contributed by atoms with Gasteiger partial charge in [-0.1, -0.05) is 11.6 Å².